The number of guanidine groups is 1. The molecule has 0 atom stereocenters. The summed E-state index contributed by atoms with van der Waals surface area (Å²) in [5.41, 5.74) is 1.00. The smallest absolute Gasteiger partial charge is 0.219 e. The molecule has 1 fully saturated rings. The predicted molar refractivity (Wildman–Crippen MR) is 107 cm³/mol. The van der Waals surface area contributed by atoms with Crippen LogP contribution in [0, 0.1) is 11.7 Å². The fraction of sp³-hybridized carbons (Fsp3) is 0.429. The van der Waals surface area contributed by atoms with E-state index in [1.807, 2.05) is 6.07 Å². The molecular weight excluding hydrogens is 359 g/mol. The highest BCUT2D eigenvalue weighted by atomic mass is 19.1. The number of benzene rings is 1. The van der Waals surface area contributed by atoms with Gasteiger partial charge in [-0.2, -0.15) is 0 Å². The van der Waals surface area contributed by atoms with Crippen molar-refractivity contribution >= 4 is 5.96 Å². The van der Waals surface area contributed by atoms with E-state index in [0.29, 0.717) is 18.2 Å². The first kappa shape index (κ1) is 20.1. The van der Waals surface area contributed by atoms with E-state index in [1.165, 1.54) is 25.0 Å². The second kappa shape index (κ2) is 10.6. The van der Waals surface area contributed by atoms with Crippen LogP contribution in [0.25, 0.3) is 0 Å². The van der Waals surface area contributed by atoms with Crippen LogP contribution >= 0.6 is 0 Å². The highest BCUT2D eigenvalue weighted by Gasteiger charge is 2.20. The van der Waals surface area contributed by atoms with E-state index in [1.54, 1.807) is 31.4 Å². The Bertz CT molecular complexity index is 746. The lowest BCUT2D eigenvalue weighted by atomic mass is 10.3. The zero-order chi connectivity index (χ0) is 19.6. The standard InChI is InChI=1S/C21H27FN4O2/c1-23-21(24-11-2-12-27-15-16-3-4-16)26-14-17-5-10-20(25-13-17)28-19-8-6-18(22)7-9-19/h5-10,13,16H,2-4,11-12,14-15H2,1H3,(H2,23,24,26). The van der Waals surface area contributed by atoms with Crippen LogP contribution in [-0.2, 0) is 11.3 Å². The summed E-state index contributed by atoms with van der Waals surface area (Å²) in [6, 6.07) is 9.56. The lowest BCUT2D eigenvalue weighted by Crippen LogP contribution is -2.37. The average Bonchev–Trinajstić information content (AvgIpc) is 3.54. The molecule has 150 valence electrons. The molecule has 1 aromatic carbocycles. The van der Waals surface area contributed by atoms with Crippen molar-refractivity contribution in [3.05, 3.63) is 54.0 Å². The molecule has 2 aromatic rings. The Balaban J connectivity index is 1.34. The van der Waals surface area contributed by atoms with Crippen LogP contribution in [0.2, 0.25) is 0 Å². The number of nitrogens with one attached hydrogen (secondary N) is 2. The highest BCUT2D eigenvalue weighted by molar-refractivity contribution is 5.79. The second-order valence-corrected chi connectivity index (χ2v) is 6.79. The lowest BCUT2D eigenvalue weighted by Gasteiger charge is -2.12. The first-order valence-corrected chi connectivity index (χ1v) is 9.63. The third-order valence-corrected chi connectivity index (χ3v) is 4.33. The third-order valence-electron chi connectivity index (χ3n) is 4.33. The van der Waals surface area contributed by atoms with Gasteiger partial charge in [0, 0.05) is 45.6 Å². The minimum atomic E-state index is -0.297. The van der Waals surface area contributed by atoms with Crippen molar-refractivity contribution in [2.45, 2.75) is 25.8 Å². The largest absolute Gasteiger partial charge is 0.439 e. The number of hydrogen-bond acceptors (Lipinski definition) is 4. The Labute approximate surface area is 165 Å². The summed E-state index contributed by atoms with van der Waals surface area (Å²) in [6.07, 6.45) is 5.33. The van der Waals surface area contributed by atoms with Crippen LogP contribution in [0.4, 0.5) is 4.39 Å². The van der Waals surface area contributed by atoms with Crippen LogP contribution < -0.4 is 15.4 Å². The van der Waals surface area contributed by atoms with Crippen molar-refractivity contribution in [3.8, 4) is 11.6 Å². The Morgan fingerprint density at radius 3 is 2.68 bits per heavy atom. The van der Waals surface area contributed by atoms with Crippen molar-refractivity contribution in [3.63, 3.8) is 0 Å². The molecule has 1 heterocycles. The van der Waals surface area contributed by atoms with Gasteiger partial charge in [0.05, 0.1) is 0 Å². The highest BCUT2D eigenvalue weighted by Crippen LogP contribution is 2.28. The van der Waals surface area contributed by atoms with Crippen molar-refractivity contribution in [2.24, 2.45) is 10.9 Å². The van der Waals surface area contributed by atoms with Crippen molar-refractivity contribution in [2.75, 3.05) is 26.8 Å². The summed E-state index contributed by atoms with van der Waals surface area (Å²) >= 11 is 0. The third kappa shape index (κ3) is 7.15. The number of aliphatic imine (C=N–C) groups is 1. The van der Waals surface area contributed by atoms with Crippen LogP contribution in [0.15, 0.2) is 47.6 Å². The number of aromatic nitrogens is 1. The number of nitrogens with zero attached hydrogens (tertiary/aromatic N) is 2. The van der Waals surface area contributed by atoms with Crippen molar-refractivity contribution in [1.82, 2.24) is 15.6 Å². The quantitative estimate of drug-likeness (QED) is 0.372. The summed E-state index contributed by atoms with van der Waals surface area (Å²) < 4.78 is 24.1. The molecule has 1 aliphatic rings. The second-order valence-electron chi connectivity index (χ2n) is 6.79. The van der Waals surface area contributed by atoms with E-state index >= 15 is 0 Å². The SMILES string of the molecule is CN=C(NCCCOCC1CC1)NCc1ccc(Oc2ccc(F)cc2)nc1. The minimum absolute atomic E-state index is 0.297. The normalized spacial score (nSPS) is 14.0. The van der Waals surface area contributed by atoms with Gasteiger partial charge in [-0.1, -0.05) is 6.07 Å². The number of pyridine rings is 1. The van der Waals surface area contributed by atoms with Gasteiger partial charge in [0.15, 0.2) is 5.96 Å². The van der Waals surface area contributed by atoms with Crippen LogP contribution in [0.1, 0.15) is 24.8 Å². The van der Waals surface area contributed by atoms with Crippen LogP contribution in [0.3, 0.4) is 0 Å². The summed E-state index contributed by atoms with van der Waals surface area (Å²) in [7, 11) is 1.75. The molecule has 1 aromatic heterocycles. The maximum atomic E-state index is 12.9. The predicted octanol–water partition coefficient (Wildman–Crippen LogP) is 3.49. The Kier molecular flexibility index (Phi) is 7.61. The lowest BCUT2D eigenvalue weighted by molar-refractivity contribution is 0.123. The van der Waals surface area contributed by atoms with Crippen molar-refractivity contribution < 1.29 is 13.9 Å². The maximum absolute atomic E-state index is 12.9. The van der Waals surface area contributed by atoms with Gasteiger partial charge in [-0.3, -0.25) is 4.99 Å². The van der Waals surface area contributed by atoms with E-state index in [9.17, 15) is 4.39 Å². The van der Waals surface area contributed by atoms with Crippen LogP contribution in [-0.4, -0.2) is 37.7 Å². The first-order chi connectivity index (χ1) is 13.7. The summed E-state index contributed by atoms with van der Waals surface area (Å²) in [6.45, 7) is 3.09. The molecule has 0 spiro atoms. The fourth-order valence-corrected chi connectivity index (χ4v) is 2.52. The molecular formula is C21H27FN4O2. The minimum Gasteiger partial charge on any atom is -0.439 e. The first-order valence-electron chi connectivity index (χ1n) is 9.63. The number of halogens is 1. The van der Waals surface area contributed by atoms with E-state index < -0.39 is 0 Å². The molecule has 0 unspecified atom stereocenters. The molecule has 28 heavy (non-hydrogen) atoms. The van der Waals surface area contributed by atoms with Crippen molar-refractivity contribution in [1.29, 1.82) is 0 Å². The number of hydrogen-bond donors (Lipinski definition) is 2. The molecule has 1 saturated carbocycles. The molecule has 6 nitrogen and oxygen atoms in total. The molecule has 0 bridgehead atoms. The fourth-order valence-electron chi connectivity index (χ4n) is 2.52. The van der Waals surface area contributed by atoms with Gasteiger partial charge in [0.25, 0.3) is 0 Å². The summed E-state index contributed by atoms with van der Waals surface area (Å²) in [5.74, 6) is 2.27. The Morgan fingerprint density at radius 1 is 1.18 bits per heavy atom. The topological polar surface area (TPSA) is 67.8 Å². The molecule has 2 N–H and O–H groups in total. The number of rotatable bonds is 10. The van der Waals surface area contributed by atoms with Gasteiger partial charge in [-0.15, -0.1) is 0 Å². The molecule has 0 amide bonds. The monoisotopic (exact) mass is 386 g/mol. The van der Waals surface area contributed by atoms with Gasteiger partial charge >= 0.3 is 0 Å². The maximum Gasteiger partial charge on any atom is 0.219 e. The molecule has 1 aliphatic carbocycles. The van der Waals surface area contributed by atoms with E-state index in [2.05, 4.69) is 20.6 Å². The van der Waals surface area contributed by atoms with Gasteiger partial charge < -0.3 is 20.1 Å². The zero-order valence-corrected chi connectivity index (χ0v) is 16.2. The molecule has 7 heteroatoms. The molecule has 3 rings (SSSR count). The van der Waals surface area contributed by atoms with Gasteiger partial charge in [-0.25, -0.2) is 9.37 Å². The molecule has 0 aliphatic heterocycles. The van der Waals surface area contributed by atoms with Gasteiger partial charge in [0.2, 0.25) is 5.88 Å². The van der Waals surface area contributed by atoms with Gasteiger partial charge in [0.1, 0.15) is 11.6 Å². The average molecular weight is 386 g/mol. The van der Waals surface area contributed by atoms with E-state index in [-0.39, 0.29) is 5.82 Å². The number of ether oxygens (including phenoxy) is 2. The van der Waals surface area contributed by atoms with E-state index in [4.69, 9.17) is 9.47 Å². The Hall–Kier alpha value is -2.67. The van der Waals surface area contributed by atoms with Gasteiger partial charge in [-0.05, 0) is 55.0 Å². The molecule has 0 radical (unpaired) electrons. The van der Waals surface area contributed by atoms with Crippen LogP contribution in [0.5, 0.6) is 11.6 Å². The zero-order valence-electron chi connectivity index (χ0n) is 16.2. The summed E-state index contributed by atoms with van der Waals surface area (Å²) in [5, 5.41) is 6.53. The van der Waals surface area contributed by atoms with E-state index in [0.717, 1.165) is 43.6 Å². The Morgan fingerprint density at radius 2 is 2.00 bits per heavy atom. The molecule has 0 saturated heterocycles. The summed E-state index contributed by atoms with van der Waals surface area (Å²) in [4.78, 5) is 8.50.